The van der Waals surface area contributed by atoms with Crippen LogP contribution in [-0.2, 0) is 11.0 Å². The van der Waals surface area contributed by atoms with E-state index in [4.69, 9.17) is 16.3 Å². The van der Waals surface area contributed by atoms with E-state index in [1.807, 2.05) is 6.92 Å². The molecule has 1 aromatic heterocycles. The van der Waals surface area contributed by atoms with Gasteiger partial charge in [0.05, 0.1) is 45.2 Å². The predicted octanol–water partition coefficient (Wildman–Crippen LogP) is 6.19. The van der Waals surface area contributed by atoms with Crippen molar-refractivity contribution in [2.45, 2.75) is 18.3 Å². The summed E-state index contributed by atoms with van der Waals surface area (Å²) in [5.74, 6) is -0.203. The third-order valence-corrected chi connectivity index (χ3v) is 6.32. The summed E-state index contributed by atoms with van der Waals surface area (Å²) in [4.78, 5) is 30.5. The molecule has 0 unspecified atom stereocenters. The first-order valence-corrected chi connectivity index (χ1v) is 12.1. The van der Waals surface area contributed by atoms with Crippen molar-refractivity contribution >= 4 is 45.9 Å². The normalized spacial score (nSPS) is 11.5. The Kier molecular flexibility index (Phi) is 7.56. The topological polar surface area (TPSA) is 73.2 Å². The molecule has 0 saturated carbocycles. The number of hydrogen-bond acceptors (Lipinski definition) is 5. The summed E-state index contributed by atoms with van der Waals surface area (Å²) in [5, 5.41) is 3.01. The van der Waals surface area contributed by atoms with Gasteiger partial charge in [0, 0.05) is 0 Å². The number of nitrogens with one attached hydrogen (secondary N) is 1. The van der Waals surface area contributed by atoms with E-state index < -0.39 is 17.6 Å². The Balaban J connectivity index is 1.63. The maximum atomic E-state index is 13.3. The summed E-state index contributed by atoms with van der Waals surface area (Å²) in [6.45, 7) is 2.35. The molecule has 186 valence electrons. The van der Waals surface area contributed by atoms with Crippen LogP contribution in [0.4, 0.5) is 18.9 Å². The summed E-state index contributed by atoms with van der Waals surface area (Å²) in [6, 6.07) is 16.3. The molecule has 4 aromatic rings. The van der Waals surface area contributed by atoms with E-state index in [0.29, 0.717) is 28.9 Å². The molecule has 0 aliphatic rings. The van der Waals surface area contributed by atoms with Crippen molar-refractivity contribution in [2.24, 2.45) is 0 Å². The van der Waals surface area contributed by atoms with Crippen LogP contribution in [0.1, 0.15) is 12.5 Å². The SMILES string of the molecule is CCOc1ccc(-n2c(SCC(=O)Nc3cc(C(F)(F)F)ccc3Cl)nc3ccccc3c2=O)cc1. The minimum atomic E-state index is -4.58. The molecule has 0 aliphatic carbocycles. The molecule has 0 spiro atoms. The van der Waals surface area contributed by atoms with Crippen LogP contribution in [-0.4, -0.2) is 27.8 Å². The van der Waals surface area contributed by atoms with Gasteiger partial charge in [0.1, 0.15) is 5.75 Å². The number of alkyl halides is 3. The van der Waals surface area contributed by atoms with Gasteiger partial charge in [-0.25, -0.2) is 4.98 Å². The highest BCUT2D eigenvalue weighted by Crippen LogP contribution is 2.34. The van der Waals surface area contributed by atoms with Crippen molar-refractivity contribution < 1.29 is 22.7 Å². The first-order chi connectivity index (χ1) is 17.2. The number of nitrogens with zero attached hydrogens (tertiary/aromatic N) is 2. The Bertz CT molecular complexity index is 1470. The van der Waals surface area contributed by atoms with Crippen LogP contribution in [0.2, 0.25) is 5.02 Å². The molecule has 0 atom stereocenters. The van der Waals surface area contributed by atoms with Crippen molar-refractivity contribution in [2.75, 3.05) is 17.7 Å². The second-order valence-corrected chi connectivity index (χ2v) is 8.86. The van der Waals surface area contributed by atoms with Gasteiger partial charge in [-0.05, 0) is 61.5 Å². The van der Waals surface area contributed by atoms with Crippen LogP contribution in [0.3, 0.4) is 0 Å². The van der Waals surface area contributed by atoms with Crippen LogP contribution in [0.5, 0.6) is 5.75 Å². The van der Waals surface area contributed by atoms with Crippen molar-refractivity contribution in [3.63, 3.8) is 0 Å². The molecule has 6 nitrogen and oxygen atoms in total. The number of carbonyl (C=O) groups excluding carboxylic acids is 1. The summed E-state index contributed by atoms with van der Waals surface area (Å²) < 4.78 is 46.0. The zero-order valence-electron chi connectivity index (χ0n) is 18.8. The van der Waals surface area contributed by atoms with Crippen molar-refractivity contribution in [3.8, 4) is 11.4 Å². The van der Waals surface area contributed by atoms with Crippen LogP contribution >= 0.6 is 23.4 Å². The Morgan fingerprint density at radius 1 is 1.11 bits per heavy atom. The first kappa shape index (κ1) is 25.6. The largest absolute Gasteiger partial charge is 0.494 e. The molecule has 0 fully saturated rings. The van der Waals surface area contributed by atoms with Crippen LogP contribution < -0.4 is 15.6 Å². The zero-order chi connectivity index (χ0) is 25.9. The lowest BCUT2D eigenvalue weighted by Crippen LogP contribution is -2.23. The smallest absolute Gasteiger partial charge is 0.416 e. The lowest BCUT2D eigenvalue weighted by Gasteiger charge is -2.14. The number of rotatable bonds is 7. The van der Waals surface area contributed by atoms with E-state index in [-0.39, 0.29) is 27.2 Å². The lowest BCUT2D eigenvalue weighted by atomic mass is 10.2. The highest BCUT2D eigenvalue weighted by Gasteiger charge is 2.31. The minimum absolute atomic E-state index is 0.0310. The molecule has 1 N–H and O–H groups in total. The second-order valence-electron chi connectivity index (χ2n) is 7.51. The van der Waals surface area contributed by atoms with Crippen molar-refractivity contribution in [3.05, 3.63) is 87.7 Å². The number of hydrogen-bond donors (Lipinski definition) is 1. The van der Waals surface area contributed by atoms with Gasteiger partial charge in [0.25, 0.3) is 5.56 Å². The Hall–Kier alpha value is -3.50. The average molecular weight is 534 g/mol. The molecule has 11 heteroatoms. The number of thioether (sulfide) groups is 1. The molecule has 36 heavy (non-hydrogen) atoms. The molecule has 0 radical (unpaired) electrons. The summed E-state index contributed by atoms with van der Waals surface area (Å²) in [5.41, 5.74) is -0.449. The monoisotopic (exact) mass is 533 g/mol. The van der Waals surface area contributed by atoms with Gasteiger partial charge in [-0.15, -0.1) is 0 Å². The third kappa shape index (κ3) is 5.66. The quantitative estimate of drug-likeness (QED) is 0.227. The van der Waals surface area contributed by atoms with Gasteiger partial charge >= 0.3 is 6.18 Å². The summed E-state index contributed by atoms with van der Waals surface area (Å²) in [7, 11) is 0. The van der Waals surface area contributed by atoms with Gasteiger partial charge in [-0.1, -0.05) is 35.5 Å². The Morgan fingerprint density at radius 3 is 2.53 bits per heavy atom. The lowest BCUT2D eigenvalue weighted by molar-refractivity contribution is -0.137. The molecule has 0 saturated heterocycles. The maximum Gasteiger partial charge on any atom is 0.416 e. The molecule has 0 bridgehead atoms. The third-order valence-electron chi connectivity index (χ3n) is 5.05. The summed E-state index contributed by atoms with van der Waals surface area (Å²) in [6.07, 6.45) is -4.58. The van der Waals surface area contributed by atoms with E-state index >= 15 is 0 Å². The molecule has 1 amide bonds. The fraction of sp³-hybridized carbons (Fsp3) is 0.160. The molecule has 4 rings (SSSR count). The van der Waals surface area contributed by atoms with Gasteiger partial charge in [-0.3, -0.25) is 14.2 Å². The fourth-order valence-corrected chi connectivity index (χ4v) is 4.39. The van der Waals surface area contributed by atoms with Gasteiger partial charge in [0.2, 0.25) is 5.91 Å². The Labute approximate surface area is 213 Å². The number of amides is 1. The minimum Gasteiger partial charge on any atom is -0.494 e. The van der Waals surface area contributed by atoms with Crippen LogP contribution in [0, 0.1) is 0 Å². The molecular weight excluding hydrogens is 515 g/mol. The maximum absolute atomic E-state index is 13.3. The number of benzene rings is 3. The van der Waals surface area contributed by atoms with E-state index in [2.05, 4.69) is 10.3 Å². The number of halogens is 4. The number of fused-ring (bicyclic) bond motifs is 1. The molecule has 3 aromatic carbocycles. The van der Waals surface area contributed by atoms with Crippen molar-refractivity contribution in [1.29, 1.82) is 0 Å². The Morgan fingerprint density at radius 2 is 1.83 bits per heavy atom. The fourth-order valence-electron chi connectivity index (χ4n) is 3.41. The van der Waals surface area contributed by atoms with E-state index in [1.54, 1.807) is 48.5 Å². The van der Waals surface area contributed by atoms with E-state index in [9.17, 15) is 22.8 Å². The zero-order valence-corrected chi connectivity index (χ0v) is 20.4. The van der Waals surface area contributed by atoms with Gasteiger partial charge in [0.15, 0.2) is 5.16 Å². The standard InChI is InChI=1S/C25H19ClF3N3O3S/c1-2-35-17-10-8-16(9-11-17)32-23(34)18-5-3-4-6-20(18)31-24(32)36-14-22(33)30-21-13-15(25(27,28)29)7-12-19(21)26/h3-13H,2,14H2,1H3,(H,30,33). The predicted molar refractivity (Wildman–Crippen MR) is 134 cm³/mol. The number of ether oxygens (including phenoxy) is 1. The van der Waals surface area contributed by atoms with E-state index in [1.165, 1.54) is 4.57 Å². The van der Waals surface area contributed by atoms with Crippen molar-refractivity contribution in [1.82, 2.24) is 9.55 Å². The summed E-state index contributed by atoms with van der Waals surface area (Å²) >= 11 is 6.95. The number of aromatic nitrogens is 2. The highest BCUT2D eigenvalue weighted by molar-refractivity contribution is 7.99. The number of anilines is 1. The average Bonchev–Trinajstić information content (AvgIpc) is 2.84. The highest BCUT2D eigenvalue weighted by atomic mass is 35.5. The molecule has 1 heterocycles. The van der Waals surface area contributed by atoms with Gasteiger partial charge < -0.3 is 10.1 Å². The molecular formula is C25H19ClF3N3O3S. The van der Waals surface area contributed by atoms with Crippen LogP contribution in [0.25, 0.3) is 16.6 Å². The second kappa shape index (κ2) is 10.6. The first-order valence-electron chi connectivity index (χ1n) is 10.7. The van der Waals surface area contributed by atoms with Crippen LogP contribution in [0.15, 0.2) is 76.7 Å². The van der Waals surface area contributed by atoms with Gasteiger partial charge in [-0.2, -0.15) is 13.2 Å². The van der Waals surface area contributed by atoms with E-state index in [0.717, 1.165) is 30.0 Å². The number of para-hydroxylation sites is 1. The molecule has 0 aliphatic heterocycles. The number of carbonyl (C=O) groups is 1.